The summed E-state index contributed by atoms with van der Waals surface area (Å²) >= 11 is 4.70. The number of thiophene rings is 1. The van der Waals surface area contributed by atoms with Crippen molar-refractivity contribution in [2.45, 2.75) is 18.9 Å². The second kappa shape index (κ2) is 10.5. The molecular weight excluding hydrogens is 496 g/mol. The lowest BCUT2D eigenvalue weighted by Crippen LogP contribution is -2.54. The van der Waals surface area contributed by atoms with Crippen LogP contribution in [0.1, 0.15) is 17.7 Å². The number of piperidine rings is 1. The molecule has 0 unspecified atom stereocenters. The third-order valence-corrected chi connectivity index (χ3v) is 7.16. The Kier molecular flexibility index (Phi) is 8.59. The summed E-state index contributed by atoms with van der Waals surface area (Å²) in [6.07, 6.45) is 2.38. The first-order chi connectivity index (χ1) is 14.0. The standard InChI is InChI=1S/C18H25BrN4O5S2/c1-21(2)16(24)11-22(3)17(25)12-23-9-4-5-14(18(23)26)20-30(27,28)10-8-13-6-7-15(19)29-13/h6-8,10,14,20H,4-5,9,11-12H2,1-3H3/t14-/m0/s1. The van der Waals surface area contributed by atoms with Crippen LogP contribution < -0.4 is 4.72 Å². The quantitative estimate of drug-likeness (QED) is 0.548. The smallest absolute Gasteiger partial charge is 0.242 e. The summed E-state index contributed by atoms with van der Waals surface area (Å²) in [7, 11) is 0.852. The van der Waals surface area contributed by atoms with Crippen LogP contribution in [0.5, 0.6) is 0 Å². The second-order valence-corrected chi connectivity index (χ2v) is 11.2. The van der Waals surface area contributed by atoms with Crippen LogP contribution in [0.2, 0.25) is 0 Å². The maximum absolute atomic E-state index is 12.7. The number of hydrogen-bond acceptors (Lipinski definition) is 6. The number of nitrogens with one attached hydrogen (secondary N) is 1. The Morgan fingerprint density at radius 3 is 2.60 bits per heavy atom. The average Bonchev–Trinajstić information content (AvgIpc) is 3.08. The molecule has 166 valence electrons. The first-order valence-electron chi connectivity index (χ1n) is 9.17. The van der Waals surface area contributed by atoms with Gasteiger partial charge in [0.1, 0.15) is 6.04 Å². The third kappa shape index (κ3) is 7.18. The molecule has 0 radical (unpaired) electrons. The van der Waals surface area contributed by atoms with Crippen LogP contribution in [0.25, 0.3) is 6.08 Å². The minimum atomic E-state index is -3.83. The Morgan fingerprint density at radius 1 is 1.30 bits per heavy atom. The molecule has 12 heteroatoms. The molecule has 2 heterocycles. The number of likely N-dealkylation sites (N-methyl/N-ethyl adjacent to an activating group) is 2. The monoisotopic (exact) mass is 520 g/mol. The van der Waals surface area contributed by atoms with Crippen molar-refractivity contribution in [3.63, 3.8) is 0 Å². The molecule has 1 aliphatic rings. The number of amides is 3. The molecule has 1 aliphatic heterocycles. The summed E-state index contributed by atoms with van der Waals surface area (Å²) in [5, 5.41) is 1.03. The van der Waals surface area contributed by atoms with E-state index in [1.165, 1.54) is 39.2 Å². The molecule has 1 N–H and O–H groups in total. The van der Waals surface area contributed by atoms with E-state index in [0.717, 1.165) is 14.1 Å². The van der Waals surface area contributed by atoms with E-state index in [9.17, 15) is 22.8 Å². The molecular formula is C18H25BrN4O5S2. The van der Waals surface area contributed by atoms with Crippen molar-refractivity contribution in [3.8, 4) is 0 Å². The van der Waals surface area contributed by atoms with Gasteiger partial charge in [-0.25, -0.2) is 8.42 Å². The number of likely N-dealkylation sites (tertiary alicyclic amines) is 1. The largest absolute Gasteiger partial charge is 0.347 e. The summed E-state index contributed by atoms with van der Waals surface area (Å²) in [6, 6.07) is 2.66. The average molecular weight is 521 g/mol. The number of sulfonamides is 1. The van der Waals surface area contributed by atoms with Gasteiger partial charge in [-0.2, -0.15) is 4.72 Å². The SMILES string of the molecule is CN(C)C(=O)CN(C)C(=O)CN1CCC[C@H](NS(=O)(=O)C=Cc2ccc(Br)s2)C1=O. The van der Waals surface area contributed by atoms with Gasteiger partial charge in [0.15, 0.2) is 0 Å². The molecule has 1 fully saturated rings. The Balaban J connectivity index is 1.96. The van der Waals surface area contributed by atoms with E-state index in [4.69, 9.17) is 0 Å². The molecule has 1 saturated heterocycles. The normalized spacial score (nSPS) is 17.4. The van der Waals surface area contributed by atoms with E-state index in [1.807, 2.05) is 6.07 Å². The topological polar surface area (TPSA) is 107 Å². The van der Waals surface area contributed by atoms with Crippen LogP contribution in [0.15, 0.2) is 21.3 Å². The van der Waals surface area contributed by atoms with Crippen molar-refractivity contribution < 1.29 is 22.8 Å². The van der Waals surface area contributed by atoms with E-state index >= 15 is 0 Å². The van der Waals surface area contributed by atoms with Gasteiger partial charge >= 0.3 is 0 Å². The second-order valence-electron chi connectivity index (χ2n) is 7.10. The van der Waals surface area contributed by atoms with Gasteiger partial charge in [0.2, 0.25) is 27.7 Å². The van der Waals surface area contributed by atoms with Crippen LogP contribution in [-0.2, 0) is 24.4 Å². The van der Waals surface area contributed by atoms with Gasteiger partial charge in [0, 0.05) is 38.0 Å². The zero-order valence-corrected chi connectivity index (χ0v) is 20.2. The minimum Gasteiger partial charge on any atom is -0.347 e. The summed E-state index contributed by atoms with van der Waals surface area (Å²) < 4.78 is 28.0. The van der Waals surface area contributed by atoms with Crippen LogP contribution in [0, 0.1) is 0 Å². The molecule has 1 aromatic heterocycles. The minimum absolute atomic E-state index is 0.0897. The number of carbonyl (C=O) groups is 3. The van der Waals surface area contributed by atoms with Gasteiger partial charge in [0.05, 0.1) is 16.9 Å². The molecule has 9 nitrogen and oxygen atoms in total. The van der Waals surface area contributed by atoms with E-state index in [1.54, 1.807) is 20.2 Å². The zero-order chi connectivity index (χ0) is 22.5. The molecule has 2 rings (SSSR count). The molecule has 0 bridgehead atoms. The maximum Gasteiger partial charge on any atom is 0.242 e. The lowest BCUT2D eigenvalue weighted by molar-refractivity contribution is -0.144. The molecule has 1 aromatic rings. The fourth-order valence-electron chi connectivity index (χ4n) is 2.74. The Hall–Kier alpha value is -1.76. The number of hydrogen-bond donors (Lipinski definition) is 1. The van der Waals surface area contributed by atoms with Crippen molar-refractivity contribution in [1.29, 1.82) is 0 Å². The van der Waals surface area contributed by atoms with Crippen molar-refractivity contribution in [2.75, 3.05) is 40.8 Å². The highest BCUT2D eigenvalue weighted by atomic mass is 79.9. The van der Waals surface area contributed by atoms with Crippen LogP contribution in [-0.4, -0.2) is 87.7 Å². The lowest BCUT2D eigenvalue weighted by Gasteiger charge is -2.32. The molecule has 1 atom stereocenters. The molecule has 0 spiro atoms. The molecule has 0 aromatic carbocycles. The highest BCUT2D eigenvalue weighted by Crippen LogP contribution is 2.23. The van der Waals surface area contributed by atoms with Crippen molar-refractivity contribution >= 4 is 61.1 Å². The van der Waals surface area contributed by atoms with Crippen LogP contribution in [0.4, 0.5) is 0 Å². The Bertz CT molecular complexity index is 929. The van der Waals surface area contributed by atoms with E-state index < -0.39 is 22.0 Å². The summed E-state index contributed by atoms with van der Waals surface area (Å²) in [6.45, 7) is 0.0677. The zero-order valence-electron chi connectivity index (χ0n) is 17.0. The number of rotatable bonds is 8. The van der Waals surface area contributed by atoms with E-state index in [0.29, 0.717) is 19.4 Å². The summed E-state index contributed by atoms with van der Waals surface area (Å²) in [5.41, 5.74) is 0. The fraction of sp³-hybridized carbons (Fsp3) is 0.500. The van der Waals surface area contributed by atoms with E-state index in [-0.39, 0.29) is 24.9 Å². The first kappa shape index (κ1) is 24.5. The fourth-order valence-corrected chi connectivity index (χ4v) is 5.17. The van der Waals surface area contributed by atoms with Crippen molar-refractivity contribution in [3.05, 3.63) is 26.2 Å². The van der Waals surface area contributed by atoms with Gasteiger partial charge in [-0.15, -0.1) is 11.3 Å². The summed E-state index contributed by atoms with van der Waals surface area (Å²) in [5.74, 6) is -1.06. The van der Waals surface area contributed by atoms with Crippen molar-refractivity contribution in [2.24, 2.45) is 0 Å². The summed E-state index contributed by atoms with van der Waals surface area (Å²) in [4.78, 5) is 41.5. The Labute approximate surface area is 188 Å². The Morgan fingerprint density at radius 2 is 2.00 bits per heavy atom. The predicted octanol–water partition coefficient (Wildman–Crippen LogP) is 0.938. The van der Waals surface area contributed by atoms with Gasteiger partial charge in [-0.1, -0.05) is 0 Å². The molecule has 30 heavy (non-hydrogen) atoms. The maximum atomic E-state index is 12.7. The highest BCUT2D eigenvalue weighted by molar-refractivity contribution is 9.11. The van der Waals surface area contributed by atoms with Gasteiger partial charge in [0.25, 0.3) is 0 Å². The highest BCUT2D eigenvalue weighted by Gasteiger charge is 2.32. The lowest BCUT2D eigenvalue weighted by atomic mass is 10.1. The van der Waals surface area contributed by atoms with Crippen LogP contribution in [0.3, 0.4) is 0 Å². The molecule has 3 amide bonds. The number of halogens is 1. The molecule has 0 saturated carbocycles. The molecule has 0 aliphatic carbocycles. The number of nitrogens with zero attached hydrogens (tertiary/aromatic N) is 3. The van der Waals surface area contributed by atoms with Crippen LogP contribution >= 0.6 is 27.3 Å². The van der Waals surface area contributed by atoms with Gasteiger partial charge < -0.3 is 14.7 Å². The van der Waals surface area contributed by atoms with E-state index in [2.05, 4.69) is 20.7 Å². The van der Waals surface area contributed by atoms with Crippen molar-refractivity contribution in [1.82, 2.24) is 19.4 Å². The van der Waals surface area contributed by atoms with Gasteiger partial charge in [-0.05, 0) is 47.0 Å². The predicted molar refractivity (Wildman–Crippen MR) is 119 cm³/mol. The first-order valence-corrected chi connectivity index (χ1v) is 12.3. The number of carbonyl (C=O) groups excluding carboxylic acids is 3. The third-order valence-electron chi connectivity index (χ3n) is 4.47. The van der Waals surface area contributed by atoms with Gasteiger partial charge in [-0.3, -0.25) is 14.4 Å².